The summed E-state index contributed by atoms with van der Waals surface area (Å²) in [5.74, 6) is 0.698. The summed E-state index contributed by atoms with van der Waals surface area (Å²) in [5.41, 5.74) is 1.79. The highest BCUT2D eigenvalue weighted by Crippen LogP contribution is 1.94. The maximum absolute atomic E-state index is 4.75. The van der Waals surface area contributed by atoms with Crippen LogP contribution in [0.3, 0.4) is 0 Å². The number of nitrogens with one attached hydrogen (secondary N) is 2. The molecule has 0 aromatic carbocycles. The maximum Gasteiger partial charge on any atom is 0.191 e. The van der Waals surface area contributed by atoms with Crippen LogP contribution in [0.15, 0.2) is 46.2 Å². The highest BCUT2D eigenvalue weighted by Gasteiger charge is 2.00. The van der Waals surface area contributed by atoms with Crippen molar-refractivity contribution in [2.75, 3.05) is 7.05 Å². The quantitative estimate of drug-likeness (QED) is 0.483. The van der Waals surface area contributed by atoms with Crippen molar-refractivity contribution in [1.82, 2.24) is 20.8 Å². The molecule has 2 rings (SSSR count). The first-order valence-corrected chi connectivity index (χ1v) is 5.62. The first kappa shape index (κ1) is 15.4. The van der Waals surface area contributed by atoms with E-state index < -0.39 is 0 Å². The fraction of sp³-hybridized carbons (Fsp3) is 0.250. The van der Waals surface area contributed by atoms with Crippen molar-refractivity contribution in [3.63, 3.8) is 0 Å². The summed E-state index contributed by atoms with van der Waals surface area (Å²) in [6.07, 6.45) is 3.31. The smallest absolute Gasteiger partial charge is 0.191 e. The minimum Gasteiger partial charge on any atom is -0.364 e. The molecule has 2 aromatic rings. The number of pyridine rings is 1. The molecule has 0 unspecified atom stereocenters. The van der Waals surface area contributed by atoms with Crippen LogP contribution in [0.4, 0.5) is 0 Å². The Hall–Kier alpha value is -1.64. The molecule has 0 saturated carbocycles. The Balaban J connectivity index is 0.00000180. The van der Waals surface area contributed by atoms with Crippen molar-refractivity contribution in [1.29, 1.82) is 0 Å². The molecule has 0 radical (unpaired) electrons. The molecular weight excluding hydrogens is 357 g/mol. The van der Waals surface area contributed by atoms with Gasteiger partial charge < -0.3 is 15.2 Å². The fourth-order valence-corrected chi connectivity index (χ4v) is 1.40. The molecule has 0 bridgehead atoms. The van der Waals surface area contributed by atoms with Crippen LogP contribution in [0.2, 0.25) is 0 Å². The topological polar surface area (TPSA) is 75.3 Å². The Labute approximate surface area is 128 Å². The fourth-order valence-electron chi connectivity index (χ4n) is 1.40. The molecule has 2 heterocycles. The summed E-state index contributed by atoms with van der Waals surface area (Å²) < 4.78 is 4.75. The van der Waals surface area contributed by atoms with E-state index in [9.17, 15) is 0 Å². The highest BCUT2D eigenvalue weighted by atomic mass is 127. The minimum absolute atomic E-state index is 0. The summed E-state index contributed by atoms with van der Waals surface area (Å²) >= 11 is 0. The van der Waals surface area contributed by atoms with Crippen LogP contribution in [-0.4, -0.2) is 23.1 Å². The van der Waals surface area contributed by atoms with Crippen LogP contribution in [0.1, 0.15) is 11.4 Å². The molecule has 0 aliphatic rings. The lowest BCUT2D eigenvalue weighted by molar-refractivity contribution is 0.410. The van der Waals surface area contributed by atoms with Crippen molar-refractivity contribution in [3.8, 4) is 0 Å². The SMILES string of the molecule is CN=C(NCc1ccccn1)NCc1ccon1.I. The standard InChI is InChI=1S/C12H15N5O.HI/c1-13-12(16-9-11-5-7-18-17-11)15-8-10-4-2-3-6-14-10;/h2-7H,8-9H2,1H3,(H2,13,15,16);1H. The second-order valence-corrected chi connectivity index (χ2v) is 3.59. The van der Waals surface area contributed by atoms with Crippen LogP contribution in [0.25, 0.3) is 0 Å². The van der Waals surface area contributed by atoms with Gasteiger partial charge in [0.05, 0.1) is 18.8 Å². The van der Waals surface area contributed by atoms with Gasteiger partial charge in [-0.2, -0.15) is 0 Å². The van der Waals surface area contributed by atoms with Gasteiger partial charge in [0.1, 0.15) is 12.0 Å². The van der Waals surface area contributed by atoms with E-state index in [2.05, 4.69) is 25.8 Å². The third-order valence-electron chi connectivity index (χ3n) is 2.31. The summed E-state index contributed by atoms with van der Waals surface area (Å²) in [6.45, 7) is 1.19. The molecule has 102 valence electrons. The van der Waals surface area contributed by atoms with Crippen molar-refractivity contribution in [2.24, 2.45) is 4.99 Å². The molecule has 19 heavy (non-hydrogen) atoms. The highest BCUT2D eigenvalue weighted by molar-refractivity contribution is 14.0. The molecule has 0 saturated heterocycles. The third kappa shape index (κ3) is 5.25. The van der Waals surface area contributed by atoms with Crippen molar-refractivity contribution in [3.05, 3.63) is 48.1 Å². The number of hydrogen-bond acceptors (Lipinski definition) is 4. The lowest BCUT2D eigenvalue weighted by Crippen LogP contribution is -2.36. The third-order valence-corrected chi connectivity index (χ3v) is 2.31. The molecule has 0 spiro atoms. The van der Waals surface area contributed by atoms with Crippen LogP contribution in [-0.2, 0) is 13.1 Å². The Bertz CT molecular complexity index is 486. The molecule has 7 heteroatoms. The van der Waals surface area contributed by atoms with E-state index in [4.69, 9.17) is 4.52 Å². The van der Waals surface area contributed by atoms with Crippen molar-refractivity contribution in [2.45, 2.75) is 13.1 Å². The van der Waals surface area contributed by atoms with E-state index in [0.717, 1.165) is 11.4 Å². The predicted molar refractivity (Wildman–Crippen MR) is 83.2 cm³/mol. The Morgan fingerprint density at radius 1 is 1.21 bits per heavy atom. The summed E-state index contributed by atoms with van der Waals surface area (Å²) in [6, 6.07) is 7.60. The van der Waals surface area contributed by atoms with Crippen LogP contribution < -0.4 is 10.6 Å². The van der Waals surface area contributed by atoms with Crippen LogP contribution >= 0.6 is 24.0 Å². The predicted octanol–water partition coefficient (Wildman–Crippen LogP) is 1.55. The summed E-state index contributed by atoms with van der Waals surface area (Å²) in [7, 11) is 1.72. The van der Waals surface area contributed by atoms with Gasteiger partial charge in [-0.3, -0.25) is 9.98 Å². The number of aliphatic imine (C=N–C) groups is 1. The summed E-state index contributed by atoms with van der Waals surface area (Å²) in [5, 5.41) is 10.1. The number of hydrogen-bond donors (Lipinski definition) is 2. The van der Waals surface area contributed by atoms with E-state index in [0.29, 0.717) is 19.0 Å². The van der Waals surface area contributed by atoms with Crippen LogP contribution in [0, 0.1) is 0 Å². The van der Waals surface area contributed by atoms with Gasteiger partial charge in [-0.1, -0.05) is 11.2 Å². The second kappa shape index (κ2) is 8.46. The van der Waals surface area contributed by atoms with Crippen molar-refractivity contribution >= 4 is 29.9 Å². The Kier molecular flexibility index (Phi) is 6.86. The number of rotatable bonds is 4. The average Bonchev–Trinajstić information content (AvgIpc) is 2.93. The van der Waals surface area contributed by atoms with Gasteiger partial charge in [-0.05, 0) is 12.1 Å². The van der Waals surface area contributed by atoms with Gasteiger partial charge >= 0.3 is 0 Å². The Morgan fingerprint density at radius 2 is 2.00 bits per heavy atom. The monoisotopic (exact) mass is 373 g/mol. The zero-order valence-corrected chi connectivity index (χ0v) is 12.9. The first-order chi connectivity index (χ1) is 8.88. The van der Waals surface area contributed by atoms with Gasteiger partial charge in [-0.25, -0.2) is 0 Å². The van der Waals surface area contributed by atoms with Gasteiger partial charge in [0.2, 0.25) is 0 Å². The first-order valence-electron chi connectivity index (χ1n) is 5.62. The van der Waals surface area contributed by atoms with Gasteiger partial charge in [0.15, 0.2) is 5.96 Å². The molecule has 0 amide bonds. The second-order valence-electron chi connectivity index (χ2n) is 3.59. The average molecular weight is 373 g/mol. The van der Waals surface area contributed by atoms with E-state index in [1.165, 1.54) is 0 Å². The minimum atomic E-state index is 0. The molecule has 2 aromatic heterocycles. The molecule has 2 N–H and O–H groups in total. The van der Waals surface area contributed by atoms with Crippen LogP contribution in [0.5, 0.6) is 0 Å². The van der Waals surface area contributed by atoms with E-state index in [1.807, 2.05) is 18.2 Å². The molecule has 0 aliphatic heterocycles. The molecule has 0 fully saturated rings. The van der Waals surface area contributed by atoms with Gasteiger partial charge in [-0.15, -0.1) is 24.0 Å². The van der Waals surface area contributed by atoms with E-state index >= 15 is 0 Å². The number of nitrogens with zero attached hydrogens (tertiary/aromatic N) is 3. The van der Waals surface area contributed by atoms with Crippen molar-refractivity contribution < 1.29 is 4.52 Å². The maximum atomic E-state index is 4.75. The molecule has 0 atom stereocenters. The van der Waals surface area contributed by atoms with E-state index in [-0.39, 0.29) is 24.0 Å². The molecular formula is C12H16IN5O. The molecule has 6 nitrogen and oxygen atoms in total. The van der Waals surface area contributed by atoms with E-state index in [1.54, 1.807) is 25.6 Å². The lowest BCUT2D eigenvalue weighted by Gasteiger charge is -2.10. The zero-order chi connectivity index (χ0) is 12.6. The normalized spacial score (nSPS) is 10.7. The molecule has 0 aliphatic carbocycles. The number of halogens is 1. The largest absolute Gasteiger partial charge is 0.364 e. The lowest BCUT2D eigenvalue weighted by atomic mass is 10.3. The van der Waals surface area contributed by atoms with Gasteiger partial charge in [0.25, 0.3) is 0 Å². The number of guanidine groups is 1. The summed E-state index contributed by atoms with van der Waals surface area (Å²) in [4.78, 5) is 8.33. The zero-order valence-electron chi connectivity index (χ0n) is 10.5. The number of aromatic nitrogens is 2. The Morgan fingerprint density at radius 3 is 2.58 bits per heavy atom. The van der Waals surface area contributed by atoms with Gasteiger partial charge in [0, 0.05) is 19.3 Å².